The number of anilines is 2. The molecule has 36 heavy (non-hydrogen) atoms. The molecule has 1 aliphatic carbocycles. The van der Waals surface area contributed by atoms with Gasteiger partial charge in [-0.15, -0.1) is 0 Å². The predicted octanol–water partition coefficient (Wildman–Crippen LogP) is 4.39. The molecule has 1 aliphatic heterocycles. The van der Waals surface area contributed by atoms with Crippen LogP contribution in [-0.4, -0.2) is 45.2 Å². The van der Waals surface area contributed by atoms with Crippen LogP contribution in [0.2, 0.25) is 0 Å². The van der Waals surface area contributed by atoms with Crippen LogP contribution in [0.5, 0.6) is 5.75 Å². The lowest BCUT2D eigenvalue weighted by Gasteiger charge is -2.20. The standard InChI is InChI=1S/C27H26N6O3/c1-16-25-19(15-20(17-8-9-17)30-26(25)33(31-16)23-6-3-4-12-28-23)27(35)29-18-10-11-22(36-2)21(14-18)32-13-5-7-24(32)34/h3-4,6,10-12,14-15,17H,5,7-9,13H2,1-2H3,(H,29,35). The monoisotopic (exact) mass is 482 g/mol. The van der Waals surface area contributed by atoms with Crippen LogP contribution in [0.15, 0.2) is 48.7 Å². The van der Waals surface area contributed by atoms with E-state index in [-0.39, 0.29) is 11.8 Å². The zero-order valence-corrected chi connectivity index (χ0v) is 20.2. The Labute approximate surface area is 208 Å². The van der Waals surface area contributed by atoms with Gasteiger partial charge in [-0.2, -0.15) is 9.78 Å². The van der Waals surface area contributed by atoms with Crippen molar-refractivity contribution in [1.82, 2.24) is 19.7 Å². The largest absolute Gasteiger partial charge is 0.495 e. The fourth-order valence-electron chi connectivity index (χ4n) is 4.79. The second-order valence-electron chi connectivity index (χ2n) is 9.24. The van der Waals surface area contributed by atoms with E-state index >= 15 is 0 Å². The van der Waals surface area contributed by atoms with Crippen LogP contribution in [0, 0.1) is 6.92 Å². The van der Waals surface area contributed by atoms with E-state index in [1.54, 1.807) is 41.1 Å². The molecule has 2 amide bonds. The van der Waals surface area contributed by atoms with Gasteiger partial charge in [0.15, 0.2) is 11.5 Å². The Morgan fingerprint density at radius 3 is 2.72 bits per heavy atom. The maximum Gasteiger partial charge on any atom is 0.256 e. The van der Waals surface area contributed by atoms with Crippen molar-refractivity contribution in [3.63, 3.8) is 0 Å². The molecule has 0 atom stereocenters. The fraction of sp³-hybridized carbons (Fsp3) is 0.296. The summed E-state index contributed by atoms with van der Waals surface area (Å²) in [6, 6.07) is 12.9. The van der Waals surface area contributed by atoms with Crippen molar-refractivity contribution < 1.29 is 14.3 Å². The molecule has 3 aromatic heterocycles. The van der Waals surface area contributed by atoms with Gasteiger partial charge in [0.25, 0.3) is 5.91 Å². The average molecular weight is 483 g/mol. The predicted molar refractivity (Wildman–Crippen MR) is 136 cm³/mol. The van der Waals surface area contributed by atoms with Gasteiger partial charge in [-0.3, -0.25) is 9.59 Å². The van der Waals surface area contributed by atoms with E-state index in [1.165, 1.54) is 0 Å². The van der Waals surface area contributed by atoms with Crippen molar-refractivity contribution in [2.45, 2.75) is 38.5 Å². The molecule has 2 fully saturated rings. The molecule has 182 valence electrons. The highest BCUT2D eigenvalue weighted by atomic mass is 16.5. The molecular formula is C27H26N6O3. The molecule has 1 N–H and O–H groups in total. The normalized spacial score (nSPS) is 15.5. The SMILES string of the molecule is COc1ccc(NC(=O)c2cc(C3CC3)nc3c2c(C)nn3-c2ccccn2)cc1N1CCCC1=O. The molecule has 6 rings (SSSR count). The highest BCUT2D eigenvalue weighted by Gasteiger charge is 2.30. The molecular weight excluding hydrogens is 456 g/mol. The van der Waals surface area contributed by atoms with E-state index in [2.05, 4.69) is 15.4 Å². The molecule has 2 aliphatic rings. The van der Waals surface area contributed by atoms with Crippen molar-refractivity contribution >= 4 is 34.2 Å². The Hall–Kier alpha value is -4.27. The summed E-state index contributed by atoms with van der Waals surface area (Å²) in [6.45, 7) is 2.51. The zero-order valence-electron chi connectivity index (χ0n) is 20.2. The first-order valence-electron chi connectivity index (χ1n) is 12.1. The number of aromatic nitrogens is 4. The first-order chi connectivity index (χ1) is 17.5. The van der Waals surface area contributed by atoms with Gasteiger partial charge in [-0.05, 0) is 62.6 Å². The third-order valence-electron chi connectivity index (χ3n) is 6.74. The number of hydrogen-bond donors (Lipinski definition) is 1. The topological polar surface area (TPSA) is 102 Å². The van der Waals surface area contributed by atoms with Crippen LogP contribution in [0.3, 0.4) is 0 Å². The summed E-state index contributed by atoms with van der Waals surface area (Å²) < 4.78 is 7.19. The molecule has 1 saturated carbocycles. The minimum absolute atomic E-state index is 0.0549. The van der Waals surface area contributed by atoms with Gasteiger partial charge in [0, 0.05) is 36.5 Å². The van der Waals surface area contributed by atoms with Crippen LogP contribution < -0.4 is 15.0 Å². The van der Waals surface area contributed by atoms with Gasteiger partial charge < -0.3 is 15.0 Å². The van der Waals surface area contributed by atoms with Gasteiger partial charge in [-0.25, -0.2) is 9.97 Å². The van der Waals surface area contributed by atoms with E-state index in [0.717, 1.165) is 25.0 Å². The molecule has 9 nitrogen and oxygen atoms in total. The van der Waals surface area contributed by atoms with E-state index in [9.17, 15) is 9.59 Å². The molecule has 0 unspecified atom stereocenters. The Kier molecular flexibility index (Phi) is 5.40. The smallest absolute Gasteiger partial charge is 0.256 e. The lowest BCUT2D eigenvalue weighted by Crippen LogP contribution is -2.24. The van der Waals surface area contributed by atoms with Crippen LogP contribution in [-0.2, 0) is 4.79 Å². The Balaban J connectivity index is 1.41. The number of pyridine rings is 2. The number of carbonyl (C=O) groups excluding carboxylic acids is 2. The third kappa shape index (κ3) is 3.86. The van der Waals surface area contributed by atoms with Crippen LogP contribution in [0.1, 0.15) is 53.3 Å². The van der Waals surface area contributed by atoms with Gasteiger partial charge in [0.05, 0.1) is 29.4 Å². The number of aryl methyl sites for hydroxylation is 1. The minimum Gasteiger partial charge on any atom is -0.495 e. The number of hydrogen-bond acceptors (Lipinski definition) is 6. The van der Waals surface area contributed by atoms with Crippen LogP contribution in [0.4, 0.5) is 11.4 Å². The summed E-state index contributed by atoms with van der Waals surface area (Å²) in [5, 5.41) is 8.41. The molecule has 9 heteroatoms. The van der Waals surface area contributed by atoms with Crippen LogP contribution >= 0.6 is 0 Å². The van der Waals surface area contributed by atoms with Crippen molar-refractivity contribution in [3.8, 4) is 11.6 Å². The number of carbonyl (C=O) groups is 2. The number of ether oxygens (including phenoxy) is 1. The first kappa shape index (κ1) is 22.2. The number of rotatable bonds is 6. The Morgan fingerprint density at radius 1 is 1.17 bits per heavy atom. The molecule has 0 spiro atoms. The average Bonchev–Trinajstić information content (AvgIpc) is 3.58. The fourth-order valence-corrected chi connectivity index (χ4v) is 4.79. The number of nitrogens with zero attached hydrogens (tertiary/aromatic N) is 5. The minimum atomic E-state index is -0.253. The number of amides is 2. The highest BCUT2D eigenvalue weighted by Crippen LogP contribution is 2.41. The molecule has 1 saturated heterocycles. The van der Waals surface area contributed by atoms with Gasteiger partial charge in [-0.1, -0.05) is 6.07 Å². The maximum atomic E-state index is 13.7. The second kappa shape index (κ2) is 8.75. The van der Waals surface area contributed by atoms with Crippen molar-refractivity contribution in [2.24, 2.45) is 0 Å². The molecule has 0 radical (unpaired) electrons. The molecule has 0 bridgehead atoms. The molecule has 4 aromatic rings. The Bertz CT molecular complexity index is 1490. The lowest BCUT2D eigenvalue weighted by molar-refractivity contribution is -0.117. The number of nitrogens with one attached hydrogen (secondary N) is 1. The number of fused-ring (bicyclic) bond motifs is 1. The van der Waals surface area contributed by atoms with Gasteiger partial charge in [0.1, 0.15) is 5.75 Å². The number of benzene rings is 1. The summed E-state index contributed by atoms with van der Waals surface area (Å²) in [7, 11) is 1.58. The number of methoxy groups -OCH3 is 1. The lowest BCUT2D eigenvalue weighted by atomic mass is 10.1. The summed E-state index contributed by atoms with van der Waals surface area (Å²) in [5.74, 6) is 1.40. The summed E-state index contributed by atoms with van der Waals surface area (Å²) in [6.07, 6.45) is 5.14. The van der Waals surface area contributed by atoms with Gasteiger partial charge >= 0.3 is 0 Å². The quantitative estimate of drug-likeness (QED) is 0.437. The van der Waals surface area contributed by atoms with Crippen LogP contribution in [0.25, 0.3) is 16.9 Å². The molecule has 4 heterocycles. The van der Waals surface area contributed by atoms with Gasteiger partial charge in [0.2, 0.25) is 5.91 Å². The van der Waals surface area contributed by atoms with E-state index in [1.807, 2.05) is 31.2 Å². The van der Waals surface area contributed by atoms with Crippen molar-refractivity contribution in [1.29, 1.82) is 0 Å². The summed E-state index contributed by atoms with van der Waals surface area (Å²) in [4.78, 5) is 37.1. The third-order valence-corrected chi connectivity index (χ3v) is 6.74. The molecule has 1 aromatic carbocycles. The van der Waals surface area contributed by atoms with Crippen molar-refractivity contribution in [2.75, 3.05) is 23.9 Å². The Morgan fingerprint density at radius 2 is 2.03 bits per heavy atom. The van der Waals surface area contributed by atoms with Crippen molar-refractivity contribution in [3.05, 3.63) is 65.6 Å². The highest BCUT2D eigenvalue weighted by molar-refractivity contribution is 6.13. The maximum absolute atomic E-state index is 13.7. The van der Waals surface area contributed by atoms with E-state index in [0.29, 0.717) is 64.1 Å². The summed E-state index contributed by atoms with van der Waals surface area (Å²) >= 11 is 0. The first-order valence-corrected chi connectivity index (χ1v) is 12.1. The van der Waals surface area contributed by atoms with E-state index < -0.39 is 0 Å². The van der Waals surface area contributed by atoms with E-state index in [4.69, 9.17) is 9.72 Å². The zero-order chi connectivity index (χ0) is 24.8. The summed E-state index contributed by atoms with van der Waals surface area (Å²) in [5.41, 5.74) is 3.99. The second-order valence-corrected chi connectivity index (χ2v) is 9.24.